The molecule has 2 aliphatic rings. The maximum atomic E-state index is 11.4. The number of hydrogen-bond acceptors (Lipinski definition) is 5. The number of rotatable bonds is 3. The number of aromatic nitrogens is 1. The van der Waals surface area contributed by atoms with Gasteiger partial charge in [0.2, 0.25) is 0 Å². The summed E-state index contributed by atoms with van der Waals surface area (Å²) in [5.74, 6) is 0. The molecule has 0 bridgehead atoms. The molecule has 1 unspecified atom stereocenters. The number of pyridine rings is 1. The van der Waals surface area contributed by atoms with Gasteiger partial charge in [0, 0.05) is 50.9 Å². The molecular formula is C22H24ClN5O2. The van der Waals surface area contributed by atoms with Crippen LogP contribution in [-0.4, -0.2) is 58.2 Å². The summed E-state index contributed by atoms with van der Waals surface area (Å²) in [5, 5.41) is 19.4. The fourth-order valence-corrected chi connectivity index (χ4v) is 4.68. The molecule has 8 heteroatoms. The van der Waals surface area contributed by atoms with Crippen LogP contribution < -0.4 is 4.90 Å². The lowest BCUT2D eigenvalue weighted by molar-refractivity contribution is 0.122. The predicted molar refractivity (Wildman–Crippen MR) is 115 cm³/mol. The van der Waals surface area contributed by atoms with Crippen LogP contribution in [0.15, 0.2) is 30.3 Å². The van der Waals surface area contributed by atoms with Gasteiger partial charge in [-0.05, 0) is 18.9 Å². The molecule has 0 aliphatic carbocycles. The Labute approximate surface area is 181 Å². The zero-order valence-electron chi connectivity index (χ0n) is 16.9. The number of piperazine rings is 1. The maximum Gasteiger partial charge on any atom is 0.407 e. The van der Waals surface area contributed by atoms with Gasteiger partial charge in [0.1, 0.15) is 16.8 Å². The van der Waals surface area contributed by atoms with Crippen LogP contribution in [0.5, 0.6) is 0 Å². The largest absolute Gasteiger partial charge is 0.465 e. The number of benzene rings is 1. The number of carbonyl (C=O) groups is 1. The van der Waals surface area contributed by atoms with Gasteiger partial charge in [-0.15, -0.1) is 0 Å². The minimum absolute atomic E-state index is 0.163. The quantitative estimate of drug-likeness (QED) is 0.759. The second-order valence-electron chi connectivity index (χ2n) is 7.88. The molecule has 3 heterocycles. The van der Waals surface area contributed by atoms with Gasteiger partial charge in [-0.25, -0.2) is 9.78 Å². The SMILES string of the molecule is CC1CN(c2c(C#N)c(Cl)nc3c2CCN(Cc2ccccc2)C3)CCN1C(=O)O. The van der Waals surface area contributed by atoms with Gasteiger partial charge in [0.25, 0.3) is 0 Å². The summed E-state index contributed by atoms with van der Waals surface area (Å²) in [5.41, 5.74) is 4.45. The van der Waals surface area contributed by atoms with Crippen LogP contribution in [0.2, 0.25) is 5.15 Å². The Bertz CT molecular complexity index is 991. The van der Waals surface area contributed by atoms with Gasteiger partial charge in [-0.3, -0.25) is 4.90 Å². The van der Waals surface area contributed by atoms with Gasteiger partial charge < -0.3 is 14.9 Å². The van der Waals surface area contributed by atoms with Gasteiger partial charge in [-0.2, -0.15) is 5.26 Å². The summed E-state index contributed by atoms with van der Waals surface area (Å²) in [7, 11) is 0. The maximum absolute atomic E-state index is 11.4. The van der Waals surface area contributed by atoms with Gasteiger partial charge in [0.15, 0.2) is 0 Å². The van der Waals surface area contributed by atoms with Crippen molar-refractivity contribution in [3.63, 3.8) is 0 Å². The highest BCUT2D eigenvalue weighted by Crippen LogP contribution is 2.36. The first-order valence-corrected chi connectivity index (χ1v) is 10.5. The van der Waals surface area contributed by atoms with E-state index in [2.05, 4.69) is 33.0 Å². The Balaban J connectivity index is 1.63. The van der Waals surface area contributed by atoms with E-state index in [1.54, 1.807) is 0 Å². The highest BCUT2D eigenvalue weighted by Gasteiger charge is 2.32. The van der Waals surface area contributed by atoms with Crippen LogP contribution in [0.3, 0.4) is 0 Å². The molecule has 1 amide bonds. The summed E-state index contributed by atoms with van der Waals surface area (Å²) >= 11 is 6.43. The van der Waals surface area contributed by atoms with E-state index >= 15 is 0 Å². The molecule has 1 saturated heterocycles. The van der Waals surface area contributed by atoms with Crippen molar-refractivity contribution in [3.8, 4) is 6.07 Å². The van der Waals surface area contributed by atoms with E-state index in [1.807, 2.05) is 25.1 Å². The molecule has 156 valence electrons. The summed E-state index contributed by atoms with van der Waals surface area (Å²) in [6.45, 7) is 5.73. The second kappa shape index (κ2) is 8.50. The lowest BCUT2D eigenvalue weighted by Crippen LogP contribution is -2.54. The monoisotopic (exact) mass is 425 g/mol. The Kier molecular flexibility index (Phi) is 5.80. The molecule has 7 nitrogen and oxygen atoms in total. The summed E-state index contributed by atoms with van der Waals surface area (Å²) in [4.78, 5) is 21.9. The van der Waals surface area contributed by atoms with E-state index in [1.165, 1.54) is 10.5 Å². The van der Waals surface area contributed by atoms with Crippen LogP contribution in [0.25, 0.3) is 0 Å². The van der Waals surface area contributed by atoms with E-state index in [-0.39, 0.29) is 11.2 Å². The normalized spacial score (nSPS) is 19.3. The van der Waals surface area contributed by atoms with Crippen molar-refractivity contribution in [1.29, 1.82) is 5.26 Å². The molecule has 1 fully saturated rings. The number of fused-ring (bicyclic) bond motifs is 1. The van der Waals surface area contributed by atoms with Crippen molar-refractivity contribution in [3.05, 3.63) is 57.9 Å². The molecular weight excluding hydrogens is 402 g/mol. The standard InChI is InChI=1S/C22H24ClN5O2/c1-15-12-27(9-10-28(15)22(29)30)20-17-7-8-26(13-16-5-3-2-4-6-16)14-19(17)25-21(23)18(20)11-24/h2-6,15H,7-10,12-14H2,1H3,(H,29,30). The Morgan fingerprint density at radius 2 is 2.07 bits per heavy atom. The first-order valence-electron chi connectivity index (χ1n) is 10.1. The van der Waals surface area contributed by atoms with Crippen molar-refractivity contribution in [2.24, 2.45) is 0 Å². The molecule has 4 rings (SSSR count). The molecule has 1 N–H and O–H groups in total. The molecule has 1 aromatic carbocycles. The zero-order valence-corrected chi connectivity index (χ0v) is 17.6. The number of carboxylic acid groups (broad SMARTS) is 1. The Hall–Kier alpha value is -2.82. The summed E-state index contributed by atoms with van der Waals surface area (Å²) in [6, 6.07) is 12.4. The third-order valence-electron chi connectivity index (χ3n) is 5.91. The number of amides is 1. The van der Waals surface area contributed by atoms with E-state index in [4.69, 9.17) is 11.6 Å². The highest BCUT2D eigenvalue weighted by atomic mass is 35.5. The predicted octanol–water partition coefficient (Wildman–Crippen LogP) is 3.35. The first kappa shape index (κ1) is 20.5. The Morgan fingerprint density at radius 3 is 2.73 bits per heavy atom. The third kappa shape index (κ3) is 3.93. The molecule has 0 saturated carbocycles. The molecule has 0 radical (unpaired) electrons. The summed E-state index contributed by atoms with van der Waals surface area (Å²) in [6.07, 6.45) is -0.127. The van der Waals surface area contributed by atoms with Crippen molar-refractivity contribution in [1.82, 2.24) is 14.8 Å². The van der Waals surface area contributed by atoms with Crippen molar-refractivity contribution >= 4 is 23.4 Å². The number of anilines is 1. The van der Waals surface area contributed by atoms with Crippen LogP contribution in [0, 0.1) is 11.3 Å². The average Bonchev–Trinajstić information content (AvgIpc) is 2.73. The van der Waals surface area contributed by atoms with E-state index < -0.39 is 6.09 Å². The fraction of sp³-hybridized carbons (Fsp3) is 0.409. The van der Waals surface area contributed by atoms with E-state index in [0.29, 0.717) is 31.7 Å². The van der Waals surface area contributed by atoms with Gasteiger partial charge >= 0.3 is 6.09 Å². The van der Waals surface area contributed by atoms with Crippen LogP contribution in [0.1, 0.15) is 29.3 Å². The van der Waals surface area contributed by atoms with Gasteiger partial charge in [-0.1, -0.05) is 41.9 Å². The van der Waals surface area contributed by atoms with E-state index in [0.717, 1.165) is 36.5 Å². The van der Waals surface area contributed by atoms with Crippen molar-refractivity contribution in [2.75, 3.05) is 31.1 Å². The van der Waals surface area contributed by atoms with Crippen LogP contribution in [0.4, 0.5) is 10.5 Å². The summed E-state index contributed by atoms with van der Waals surface area (Å²) < 4.78 is 0. The lowest BCUT2D eigenvalue weighted by Gasteiger charge is -2.41. The lowest BCUT2D eigenvalue weighted by atomic mass is 9.97. The highest BCUT2D eigenvalue weighted by molar-refractivity contribution is 6.31. The van der Waals surface area contributed by atoms with Crippen LogP contribution >= 0.6 is 11.6 Å². The number of halogens is 1. The Morgan fingerprint density at radius 1 is 1.30 bits per heavy atom. The first-order chi connectivity index (χ1) is 14.5. The topological polar surface area (TPSA) is 83.7 Å². The molecule has 2 aliphatic heterocycles. The fourth-order valence-electron chi connectivity index (χ4n) is 4.45. The molecule has 1 atom stereocenters. The minimum atomic E-state index is -0.908. The average molecular weight is 426 g/mol. The van der Waals surface area contributed by atoms with Crippen LogP contribution in [-0.2, 0) is 19.5 Å². The number of nitrogens with zero attached hydrogens (tertiary/aromatic N) is 5. The molecule has 0 spiro atoms. The second-order valence-corrected chi connectivity index (χ2v) is 8.24. The third-order valence-corrected chi connectivity index (χ3v) is 6.19. The molecule has 2 aromatic rings. The van der Waals surface area contributed by atoms with Gasteiger partial charge in [0.05, 0.1) is 11.4 Å². The smallest absolute Gasteiger partial charge is 0.407 e. The molecule has 1 aromatic heterocycles. The van der Waals surface area contributed by atoms with Crippen molar-refractivity contribution < 1.29 is 9.90 Å². The minimum Gasteiger partial charge on any atom is -0.465 e. The zero-order chi connectivity index (χ0) is 21.3. The number of hydrogen-bond donors (Lipinski definition) is 1. The number of nitriles is 1. The van der Waals surface area contributed by atoms with E-state index in [9.17, 15) is 15.2 Å². The van der Waals surface area contributed by atoms with Crippen molar-refractivity contribution in [2.45, 2.75) is 32.5 Å². The molecule has 30 heavy (non-hydrogen) atoms.